The number of amides is 3. The van der Waals surface area contributed by atoms with Crippen LogP contribution in [0, 0.1) is 33.8 Å². The molecular weight excluding hydrogens is 1040 g/mol. The van der Waals surface area contributed by atoms with Gasteiger partial charge in [-0.2, -0.15) is 0 Å². The number of hydrogen-bond donors (Lipinski definition) is 5. The van der Waals surface area contributed by atoms with E-state index in [0.29, 0.717) is 62.8 Å². The molecule has 8 N–H and O–H groups in total. The van der Waals surface area contributed by atoms with Crippen molar-refractivity contribution in [1.29, 1.82) is 0 Å². The lowest BCUT2D eigenvalue weighted by molar-refractivity contribution is -0.140. The van der Waals surface area contributed by atoms with Crippen molar-refractivity contribution >= 4 is 95.1 Å². The molecule has 0 atom stereocenters. The van der Waals surface area contributed by atoms with Crippen LogP contribution in [0.1, 0.15) is 70.0 Å². The number of ether oxygens (including phenoxy) is 2. The summed E-state index contributed by atoms with van der Waals surface area (Å²) in [6.45, 7) is 9.30. The molecule has 83 heavy (non-hydrogen) atoms. The number of hydrogen-bond acceptors (Lipinski definition) is 7. The second kappa shape index (κ2) is 23.6. The number of nitrogens with zero attached hydrogens (tertiary/aromatic N) is 3. The maximum absolute atomic E-state index is 12.1. The number of aliphatic carboxylic acids is 2. The Labute approximate surface area is 477 Å². The fourth-order valence-corrected chi connectivity index (χ4v) is 11.3. The maximum atomic E-state index is 12.1. The molecule has 0 spiro atoms. The van der Waals surface area contributed by atoms with Crippen LogP contribution < -0.4 is 26.7 Å². The van der Waals surface area contributed by atoms with Gasteiger partial charge in [0.1, 0.15) is 11.5 Å². The molecule has 12 rings (SSSR count). The number of aromatic nitrogens is 3. The third-order valence-corrected chi connectivity index (χ3v) is 14.6. The van der Waals surface area contributed by atoms with E-state index in [4.69, 9.17) is 36.9 Å². The number of benzene rings is 9. The van der Waals surface area contributed by atoms with Gasteiger partial charge in [-0.1, -0.05) is 126 Å². The van der Waals surface area contributed by atoms with Gasteiger partial charge in [0, 0.05) is 57.9 Å². The molecule has 3 heterocycles. The highest BCUT2D eigenvalue weighted by Crippen LogP contribution is 2.40. The summed E-state index contributed by atoms with van der Waals surface area (Å²) in [5, 5.41) is 22.6. The van der Waals surface area contributed by atoms with Crippen molar-refractivity contribution in [1.82, 2.24) is 13.7 Å². The molecule has 415 valence electrons. The van der Waals surface area contributed by atoms with Gasteiger partial charge in [-0.25, -0.2) is 9.59 Å². The first kappa shape index (κ1) is 55.6. The third kappa shape index (κ3) is 11.4. The topological polar surface area (TPSA) is 237 Å². The Kier molecular flexibility index (Phi) is 15.8. The highest BCUT2D eigenvalue weighted by atomic mass is 16.5. The molecule has 0 saturated heterocycles. The molecule has 0 saturated carbocycles. The summed E-state index contributed by atoms with van der Waals surface area (Å²) in [6, 6.07) is 59.5. The van der Waals surface area contributed by atoms with Crippen molar-refractivity contribution in [3.63, 3.8) is 0 Å². The smallest absolute Gasteiger partial charge is 0.341 e. The Bertz CT molecular complexity index is 4530. The van der Waals surface area contributed by atoms with Crippen molar-refractivity contribution in [3.8, 4) is 11.5 Å². The Morgan fingerprint density at radius 3 is 1.35 bits per heavy atom. The van der Waals surface area contributed by atoms with Gasteiger partial charge in [-0.3, -0.25) is 14.4 Å². The fourth-order valence-electron chi connectivity index (χ4n) is 11.3. The van der Waals surface area contributed by atoms with Crippen LogP contribution in [0.2, 0.25) is 0 Å². The molecule has 12 aromatic rings. The average molecular weight is 1100 g/mol. The molecule has 3 aromatic heterocycles. The Morgan fingerprint density at radius 2 is 0.843 bits per heavy atom. The van der Waals surface area contributed by atoms with E-state index in [1.165, 1.54) is 16.7 Å². The van der Waals surface area contributed by atoms with E-state index in [1.807, 2.05) is 97.9 Å². The van der Waals surface area contributed by atoms with Gasteiger partial charge in [-0.15, -0.1) is 0 Å². The molecule has 15 heteroatoms. The minimum atomic E-state index is -1.07. The van der Waals surface area contributed by atoms with Gasteiger partial charge in [0.25, 0.3) is 0 Å². The quantitative estimate of drug-likeness (QED) is 0.0655. The van der Waals surface area contributed by atoms with Crippen molar-refractivity contribution in [2.45, 2.75) is 47.3 Å². The van der Waals surface area contributed by atoms with Gasteiger partial charge in [0.15, 0.2) is 13.2 Å². The van der Waals surface area contributed by atoms with Crippen molar-refractivity contribution in [2.24, 2.45) is 17.2 Å². The molecule has 0 bridgehead atoms. The zero-order valence-electron chi connectivity index (χ0n) is 46.1. The summed E-state index contributed by atoms with van der Waals surface area (Å²) in [7, 11) is 0. The monoisotopic (exact) mass is 1100 g/mol. The third-order valence-electron chi connectivity index (χ3n) is 14.6. The molecule has 0 aliphatic rings. The summed E-state index contributed by atoms with van der Waals surface area (Å²) in [6.07, 6.45) is 0. The molecule has 1 radical (unpaired) electrons. The lowest BCUT2D eigenvalue weighted by Crippen LogP contribution is -2.11. The second-order valence-corrected chi connectivity index (χ2v) is 20.5. The summed E-state index contributed by atoms with van der Waals surface area (Å²) in [5.41, 5.74) is 32.0. The van der Waals surface area contributed by atoms with E-state index in [0.717, 1.165) is 72.7 Å². The highest BCUT2D eigenvalue weighted by Gasteiger charge is 2.23. The first-order valence-electron chi connectivity index (χ1n) is 26.7. The number of carbonyl (C=O) groups excluding carboxylic acids is 3. The normalized spacial score (nSPS) is 11.1. The molecule has 9 aromatic carbocycles. The second-order valence-electron chi connectivity index (χ2n) is 20.5. The van der Waals surface area contributed by atoms with E-state index in [9.17, 15) is 24.0 Å². The zero-order valence-corrected chi connectivity index (χ0v) is 46.1. The van der Waals surface area contributed by atoms with Crippen molar-refractivity contribution < 1.29 is 43.7 Å². The SMILES string of the molecule is Cc1cc(C)cc(Cn2c3ccc[c]c3c3c(C(N)=O)cccc32)c1.Cc1cccc(Cn2c3cccc(OCC(=O)O)c3c3c(C(N)=O)cccc32)c1.Cc1ccccc1Cn1c2cccc(OCC(=O)O)c2c2c(C(N)=O)cccc21. The van der Waals surface area contributed by atoms with Crippen LogP contribution in [0.15, 0.2) is 176 Å². The predicted octanol–water partition coefficient (Wildman–Crippen LogP) is 11.8. The van der Waals surface area contributed by atoms with E-state index >= 15 is 0 Å². The number of rotatable bonds is 15. The number of nitrogens with two attached hydrogens (primary N) is 3. The van der Waals surface area contributed by atoms with Gasteiger partial charge in [0.05, 0.1) is 43.9 Å². The maximum Gasteiger partial charge on any atom is 0.341 e. The van der Waals surface area contributed by atoms with Crippen LogP contribution >= 0.6 is 0 Å². The van der Waals surface area contributed by atoms with E-state index in [1.54, 1.807) is 42.5 Å². The first-order chi connectivity index (χ1) is 40.0. The van der Waals surface area contributed by atoms with Crippen LogP contribution in [0.25, 0.3) is 65.4 Å². The molecule has 0 fully saturated rings. The van der Waals surface area contributed by atoms with Crippen molar-refractivity contribution in [2.75, 3.05) is 13.2 Å². The lowest BCUT2D eigenvalue weighted by atomic mass is 10.1. The highest BCUT2D eigenvalue weighted by molar-refractivity contribution is 6.21. The van der Waals surface area contributed by atoms with Crippen LogP contribution in [0.3, 0.4) is 0 Å². The number of carboxylic acids is 2. The first-order valence-corrected chi connectivity index (χ1v) is 26.7. The summed E-state index contributed by atoms with van der Waals surface area (Å²) in [5.74, 6) is -2.81. The number of primary amides is 3. The molecule has 3 amide bonds. The van der Waals surface area contributed by atoms with Crippen LogP contribution in [-0.2, 0) is 29.2 Å². The number of fused-ring (bicyclic) bond motifs is 9. The molecular formula is C68H59N6O9. The summed E-state index contributed by atoms with van der Waals surface area (Å²) >= 11 is 0. The van der Waals surface area contributed by atoms with E-state index in [2.05, 4.69) is 83.0 Å². The predicted molar refractivity (Wildman–Crippen MR) is 325 cm³/mol. The Morgan fingerprint density at radius 1 is 0.422 bits per heavy atom. The molecule has 0 aliphatic carbocycles. The van der Waals surface area contributed by atoms with Gasteiger partial charge >= 0.3 is 11.9 Å². The number of aryl methyl sites for hydroxylation is 4. The van der Waals surface area contributed by atoms with E-state index in [-0.39, 0.29) is 0 Å². The molecule has 0 aliphatic heterocycles. The fraction of sp³-hybridized carbons (Fsp3) is 0.132. The Balaban J connectivity index is 0.000000140. The van der Waals surface area contributed by atoms with Gasteiger partial charge < -0.3 is 50.6 Å². The molecule has 15 nitrogen and oxygen atoms in total. The summed E-state index contributed by atoms with van der Waals surface area (Å²) in [4.78, 5) is 58.2. The van der Waals surface area contributed by atoms with Crippen LogP contribution in [-0.4, -0.2) is 66.8 Å². The molecule has 0 unspecified atom stereocenters. The summed E-state index contributed by atoms with van der Waals surface area (Å²) < 4.78 is 17.5. The Hall–Kier alpha value is -10.7. The lowest BCUT2D eigenvalue weighted by Gasteiger charge is -2.11. The van der Waals surface area contributed by atoms with Crippen molar-refractivity contribution in [3.05, 3.63) is 238 Å². The number of carbonyl (C=O) groups is 5. The standard InChI is InChI=1S/2C23H20N2O4.C22H19N2O/c1-14-5-2-6-15(11-14)12-25-17-8-3-7-16(23(24)28)21(17)22-18(25)9-4-10-19(22)29-13-20(26)27;1-14-6-2-3-7-15(14)12-25-17-9-4-8-16(23(24)28)21(17)22-18(25)10-5-11-19(22)29-13-20(26)27;1-14-10-15(2)12-16(11-14)13-24-19-8-4-3-6-17(19)21-18(22(23)25)7-5-9-20(21)24/h2*2-11H,12-13H2,1H3,(H2,24,28)(H,26,27);3-5,7-12H,13H2,1-2H3,(H2,23,25). The van der Waals surface area contributed by atoms with Crippen LogP contribution in [0.4, 0.5) is 0 Å². The van der Waals surface area contributed by atoms with E-state index < -0.39 is 42.9 Å². The number of carboxylic acid groups (broad SMARTS) is 2. The zero-order chi connectivity index (χ0) is 58.6. The van der Waals surface area contributed by atoms with Crippen LogP contribution in [0.5, 0.6) is 11.5 Å². The minimum Gasteiger partial charge on any atom is -0.481 e. The largest absolute Gasteiger partial charge is 0.481 e. The van der Waals surface area contributed by atoms with Gasteiger partial charge in [0.2, 0.25) is 17.7 Å². The van der Waals surface area contributed by atoms with Gasteiger partial charge in [-0.05, 0) is 123 Å². The minimum absolute atomic E-state index is 0.377. The average Bonchev–Trinajstić information content (AvgIpc) is 2.65.